The van der Waals surface area contributed by atoms with Crippen molar-refractivity contribution in [3.63, 3.8) is 0 Å². The van der Waals surface area contributed by atoms with Gasteiger partial charge in [-0.25, -0.2) is 4.98 Å². The molecule has 0 spiro atoms. The molecule has 0 saturated carbocycles. The van der Waals surface area contributed by atoms with Crippen LogP contribution in [0.15, 0.2) is 35.8 Å². The lowest BCUT2D eigenvalue weighted by atomic mass is 10.00. The molecule has 1 aromatic heterocycles. The highest BCUT2D eigenvalue weighted by molar-refractivity contribution is 7.09. The molecule has 2 atom stereocenters. The molecule has 1 N–H and O–H groups in total. The number of hydrogen-bond acceptors (Lipinski definition) is 3. The van der Waals surface area contributed by atoms with E-state index >= 15 is 0 Å². The first-order valence-electron chi connectivity index (χ1n) is 7.78. The molecule has 21 heavy (non-hydrogen) atoms. The van der Waals surface area contributed by atoms with E-state index in [1.54, 1.807) is 11.3 Å². The van der Waals surface area contributed by atoms with E-state index < -0.39 is 0 Å². The number of nitrogens with zero attached hydrogens (tertiary/aromatic N) is 1. The van der Waals surface area contributed by atoms with Crippen molar-refractivity contribution in [2.45, 2.75) is 46.1 Å². The van der Waals surface area contributed by atoms with Gasteiger partial charge in [0.1, 0.15) is 0 Å². The van der Waals surface area contributed by atoms with Gasteiger partial charge in [0.25, 0.3) is 0 Å². The third-order valence-corrected chi connectivity index (χ3v) is 4.73. The van der Waals surface area contributed by atoms with Gasteiger partial charge in [-0.05, 0) is 30.4 Å². The second-order valence-electron chi connectivity index (χ2n) is 6.24. The molecule has 0 aliphatic rings. The summed E-state index contributed by atoms with van der Waals surface area (Å²) in [5, 5.41) is 6.87. The molecule has 0 aliphatic heterocycles. The topological polar surface area (TPSA) is 24.9 Å². The van der Waals surface area contributed by atoms with Gasteiger partial charge in [0.2, 0.25) is 0 Å². The summed E-state index contributed by atoms with van der Waals surface area (Å²) in [6.07, 6.45) is 3.04. The fourth-order valence-electron chi connectivity index (χ4n) is 2.45. The van der Waals surface area contributed by atoms with Crippen molar-refractivity contribution in [2.24, 2.45) is 5.92 Å². The van der Waals surface area contributed by atoms with Crippen LogP contribution in [0, 0.1) is 5.92 Å². The van der Waals surface area contributed by atoms with Gasteiger partial charge in [-0.3, -0.25) is 0 Å². The average molecular weight is 302 g/mol. The lowest BCUT2D eigenvalue weighted by molar-refractivity contribution is 0.536. The molecule has 1 heterocycles. The summed E-state index contributed by atoms with van der Waals surface area (Å²) in [7, 11) is 0. The Morgan fingerprint density at radius 1 is 1.10 bits per heavy atom. The quantitative estimate of drug-likeness (QED) is 0.795. The molecule has 0 saturated heterocycles. The summed E-state index contributed by atoms with van der Waals surface area (Å²) in [6.45, 7) is 9.94. The Morgan fingerprint density at radius 2 is 1.81 bits per heavy atom. The Kier molecular flexibility index (Phi) is 5.95. The Morgan fingerprint density at radius 3 is 2.38 bits per heavy atom. The number of hydrogen-bond donors (Lipinski definition) is 1. The van der Waals surface area contributed by atoms with Crippen LogP contribution in [-0.4, -0.2) is 11.5 Å². The minimum atomic E-state index is 0.375. The first kappa shape index (κ1) is 16.2. The standard InChI is InChI=1S/C18H26N2S/c1-13(2)11-16-5-7-17(8-6-16)15(4)20-12-14(3)18-19-9-10-21-18/h5-10,13-15,20H,11-12H2,1-4H3. The van der Waals surface area contributed by atoms with Gasteiger partial charge < -0.3 is 5.32 Å². The van der Waals surface area contributed by atoms with E-state index in [9.17, 15) is 0 Å². The van der Waals surface area contributed by atoms with Crippen LogP contribution < -0.4 is 5.32 Å². The minimum Gasteiger partial charge on any atom is -0.310 e. The molecule has 0 bridgehead atoms. The zero-order valence-corrected chi connectivity index (χ0v) is 14.3. The molecule has 3 heteroatoms. The molecular weight excluding hydrogens is 276 g/mol. The molecule has 0 aliphatic carbocycles. The maximum atomic E-state index is 4.38. The molecule has 2 aromatic rings. The average Bonchev–Trinajstić information content (AvgIpc) is 2.99. The maximum Gasteiger partial charge on any atom is 0.0965 e. The Hall–Kier alpha value is -1.19. The van der Waals surface area contributed by atoms with E-state index in [2.05, 4.69) is 62.3 Å². The fourth-order valence-corrected chi connectivity index (χ4v) is 3.15. The summed E-state index contributed by atoms with van der Waals surface area (Å²) in [6, 6.07) is 9.41. The second-order valence-corrected chi connectivity index (χ2v) is 7.17. The second kappa shape index (κ2) is 7.71. The van der Waals surface area contributed by atoms with Crippen LogP contribution in [0.4, 0.5) is 0 Å². The molecule has 2 rings (SSSR count). The van der Waals surface area contributed by atoms with Crippen molar-refractivity contribution < 1.29 is 0 Å². The van der Waals surface area contributed by atoms with Crippen LogP contribution >= 0.6 is 11.3 Å². The number of thiazole rings is 1. The summed E-state index contributed by atoms with van der Waals surface area (Å²) in [4.78, 5) is 4.38. The van der Waals surface area contributed by atoms with E-state index in [1.165, 1.54) is 16.1 Å². The van der Waals surface area contributed by atoms with Gasteiger partial charge in [0, 0.05) is 30.1 Å². The fraction of sp³-hybridized carbons (Fsp3) is 0.500. The first-order chi connectivity index (χ1) is 10.1. The van der Waals surface area contributed by atoms with E-state index in [-0.39, 0.29) is 0 Å². The smallest absolute Gasteiger partial charge is 0.0965 e. The normalized spacial score (nSPS) is 14.3. The van der Waals surface area contributed by atoms with Crippen LogP contribution in [0.25, 0.3) is 0 Å². The number of nitrogens with one attached hydrogen (secondary N) is 1. The van der Waals surface area contributed by atoms with Gasteiger partial charge in [0.05, 0.1) is 5.01 Å². The largest absolute Gasteiger partial charge is 0.310 e. The molecule has 0 amide bonds. The highest BCUT2D eigenvalue weighted by Crippen LogP contribution is 2.19. The van der Waals surface area contributed by atoms with Crippen molar-refractivity contribution in [1.82, 2.24) is 10.3 Å². The third kappa shape index (κ3) is 4.94. The number of aromatic nitrogens is 1. The highest BCUT2D eigenvalue weighted by atomic mass is 32.1. The van der Waals surface area contributed by atoms with Gasteiger partial charge >= 0.3 is 0 Å². The van der Waals surface area contributed by atoms with Gasteiger partial charge in [-0.2, -0.15) is 0 Å². The van der Waals surface area contributed by atoms with Crippen molar-refractivity contribution >= 4 is 11.3 Å². The molecule has 114 valence electrons. The van der Waals surface area contributed by atoms with Crippen LogP contribution in [0.2, 0.25) is 0 Å². The summed E-state index contributed by atoms with van der Waals surface area (Å²) >= 11 is 1.73. The van der Waals surface area contributed by atoms with Crippen molar-refractivity contribution in [1.29, 1.82) is 0 Å². The zero-order valence-electron chi connectivity index (χ0n) is 13.5. The van der Waals surface area contributed by atoms with Crippen molar-refractivity contribution in [3.05, 3.63) is 52.0 Å². The Bertz CT molecular complexity index is 517. The summed E-state index contributed by atoms with van der Waals surface area (Å²) < 4.78 is 0. The minimum absolute atomic E-state index is 0.375. The first-order valence-corrected chi connectivity index (χ1v) is 8.66. The van der Waals surface area contributed by atoms with E-state index in [0.29, 0.717) is 17.9 Å². The van der Waals surface area contributed by atoms with Crippen LogP contribution in [0.3, 0.4) is 0 Å². The van der Waals surface area contributed by atoms with Gasteiger partial charge in [-0.1, -0.05) is 45.0 Å². The summed E-state index contributed by atoms with van der Waals surface area (Å²) in [5.74, 6) is 1.18. The van der Waals surface area contributed by atoms with Gasteiger partial charge in [-0.15, -0.1) is 11.3 Å². The highest BCUT2D eigenvalue weighted by Gasteiger charge is 2.11. The van der Waals surface area contributed by atoms with Crippen LogP contribution in [0.1, 0.15) is 55.8 Å². The zero-order chi connectivity index (χ0) is 15.2. The summed E-state index contributed by atoms with van der Waals surface area (Å²) in [5.41, 5.74) is 2.78. The Balaban J connectivity index is 1.86. The monoisotopic (exact) mass is 302 g/mol. The van der Waals surface area contributed by atoms with Gasteiger partial charge in [0.15, 0.2) is 0 Å². The third-order valence-electron chi connectivity index (χ3n) is 3.73. The molecule has 0 fully saturated rings. The van der Waals surface area contributed by atoms with E-state index in [0.717, 1.165) is 13.0 Å². The Labute approximate surface area is 132 Å². The molecule has 2 nitrogen and oxygen atoms in total. The predicted octanol–water partition coefficient (Wildman–Crippen LogP) is 4.80. The molecule has 1 aromatic carbocycles. The molecular formula is C18H26N2S. The van der Waals surface area contributed by atoms with Crippen LogP contribution in [0.5, 0.6) is 0 Å². The van der Waals surface area contributed by atoms with Crippen LogP contribution in [-0.2, 0) is 6.42 Å². The van der Waals surface area contributed by atoms with E-state index in [4.69, 9.17) is 0 Å². The predicted molar refractivity (Wildman–Crippen MR) is 91.9 cm³/mol. The number of benzene rings is 1. The van der Waals surface area contributed by atoms with Crippen molar-refractivity contribution in [2.75, 3.05) is 6.54 Å². The lowest BCUT2D eigenvalue weighted by Crippen LogP contribution is -2.23. The SMILES string of the molecule is CC(C)Cc1ccc(C(C)NCC(C)c2nccs2)cc1. The molecule has 0 radical (unpaired) electrons. The maximum absolute atomic E-state index is 4.38. The van der Waals surface area contributed by atoms with E-state index in [1.807, 2.05) is 11.6 Å². The number of rotatable bonds is 7. The van der Waals surface area contributed by atoms with Crippen molar-refractivity contribution in [3.8, 4) is 0 Å². The molecule has 2 unspecified atom stereocenters. The lowest BCUT2D eigenvalue weighted by Gasteiger charge is -2.17.